The molecule has 0 saturated heterocycles. The molecule has 0 spiro atoms. The minimum atomic E-state index is 0.285. The predicted molar refractivity (Wildman–Crippen MR) is 64.2 cm³/mol. The van der Waals surface area contributed by atoms with Gasteiger partial charge in [0.2, 0.25) is 11.7 Å². The highest BCUT2D eigenvalue weighted by Gasteiger charge is 2.19. The molecule has 1 aromatic carbocycles. The highest BCUT2D eigenvalue weighted by molar-refractivity contribution is 5.54. The van der Waals surface area contributed by atoms with Gasteiger partial charge in [0.25, 0.3) is 0 Å². The van der Waals surface area contributed by atoms with Gasteiger partial charge in [-0.1, -0.05) is 35.8 Å². The van der Waals surface area contributed by atoms with Crippen molar-refractivity contribution in [1.29, 1.82) is 0 Å². The van der Waals surface area contributed by atoms with Gasteiger partial charge in [0.1, 0.15) is 0 Å². The number of rotatable bonds is 3. The Labute approximate surface area is 99.8 Å². The zero-order chi connectivity index (χ0) is 11.7. The van der Waals surface area contributed by atoms with E-state index in [9.17, 15) is 0 Å². The van der Waals surface area contributed by atoms with Crippen molar-refractivity contribution in [3.05, 3.63) is 35.7 Å². The van der Waals surface area contributed by atoms with Crippen LogP contribution in [-0.4, -0.2) is 10.1 Å². The van der Waals surface area contributed by atoms with Crippen molar-refractivity contribution in [2.45, 2.75) is 31.7 Å². The Bertz CT molecular complexity index is 500. The van der Waals surface area contributed by atoms with Crippen LogP contribution in [0, 0.1) is 0 Å². The third-order valence-corrected chi connectivity index (χ3v) is 3.39. The van der Waals surface area contributed by atoms with Crippen molar-refractivity contribution < 1.29 is 4.52 Å². The summed E-state index contributed by atoms with van der Waals surface area (Å²) in [6.07, 6.45) is 3.99. The van der Waals surface area contributed by atoms with Crippen LogP contribution in [0.25, 0.3) is 11.4 Å². The average Bonchev–Trinajstić information content (AvgIpc) is 2.76. The lowest BCUT2D eigenvalue weighted by atomic mass is 9.80. The lowest BCUT2D eigenvalue weighted by Gasteiger charge is -2.25. The van der Waals surface area contributed by atoms with Crippen LogP contribution in [-0.2, 0) is 6.54 Å². The first-order valence-corrected chi connectivity index (χ1v) is 6.00. The van der Waals surface area contributed by atoms with E-state index in [1.165, 1.54) is 24.8 Å². The molecule has 2 aromatic rings. The molecule has 0 unspecified atom stereocenters. The molecule has 88 valence electrons. The fraction of sp³-hybridized carbons (Fsp3) is 0.385. The van der Waals surface area contributed by atoms with Gasteiger partial charge in [0.05, 0.1) is 6.54 Å². The molecule has 0 amide bonds. The first kappa shape index (κ1) is 10.5. The van der Waals surface area contributed by atoms with Crippen molar-refractivity contribution in [1.82, 2.24) is 10.1 Å². The second kappa shape index (κ2) is 4.30. The van der Waals surface area contributed by atoms with Crippen LogP contribution >= 0.6 is 0 Å². The molecule has 1 fully saturated rings. The van der Waals surface area contributed by atoms with Crippen molar-refractivity contribution in [2.75, 3.05) is 0 Å². The molecule has 1 aromatic heterocycles. The summed E-state index contributed by atoms with van der Waals surface area (Å²) in [4.78, 5) is 4.20. The van der Waals surface area contributed by atoms with Crippen LogP contribution in [0.4, 0.5) is 0 Å². The molecule has 17 heavy (non-hydrogen) atoms. The molecule has 1 aliphatic rings. The van der Waals surface area contributed by atoms with E-state index in [1.807, 2.05) is 0 Å². The van der Waals surface area contributed by atoms with Gasteiger partial charge in [0, 0.05) is 5.56 Å². The lowest BCUT2D eigenvalue weighted by Crippen LogP contribution is -2.08. The topological polar surface area (TPSA) is 64.9 Å². The smallest absolute Gasteiger partial charge is 0.240 e. The highest BCUT2D eigenvalue weighted by Crippen LogP contribution is 2.36. The molecule has 0 bridgehead atoms. The summed E-state index contributed by atoms with van der Waals surface area (Å²) >= 11 is 0. The normalized spacial score (nSPS) is 15.8. The number of benzene rings is 1. The maximum atomic E-state index is 5.43. The fourth-order valence-electron chi connectivity index (χ4n) is 2.10. The van der Waals surface area contributed by atoms with E-state index in [1.54, 1.807) is 0 Å². The van der Waals surface area contributed by atoms with E-state index in [4.69, 9.17) is 10.3 Å². The highest BCUT2D eigenvalue weighted by atomic mass is 16.5. The molecule has 0 radical (unpaired) electrons. The minimum absolute atomic E-state index is 0.285. The third-order valence-electron chi connectivity index (χ3n) is 3.39. The molecule has 2 N–H and O–H groups in total. The Morgan fingerprint density at radius 1 is 1.24 bits per heavy atom. The average molecular weight is 229 g/mol. The fourth-order valence-corrected chi connectivity index (χ4v) is 2.10. The predicted octanol–water partition coefficient (Wildman–Crippen LogP) is 2.46. The molecule has 1 saturated carbocycles. The van der Waals surface area contributed by atoms with Gasteiger partial charge in [0.15, 0.2) is 0 Å². The quantitative estimate of drug-likeness (QED) is 0.878. The number of hydrogen-bond donors (Lipinski definition) is 1. The van der Waals surface area contributed by atoms with Crippen LogP contribution in [0.3, 0.4) is 0 Å². The van der Waals surface area contributed by atoms with Gasteiger partial charge in [-0.2, -0.15) is 4.98 Å². The van der Waals surface area contributed by atoms with Crippen molar-refractivity contribution in [3.63, 3.8) is 0 Å². The van der Waals surface area contributed by atoms with Crippen molar-refractivity contribution in [3.8, 4) is 11.4 Å². The second-order valence-electron chi connectivity index (χ2n) is 4.47. The molecule has 0 aliphatic heterocycles. The van der Waals surface area contributed by atoms with Gasteiger partial charge in [-0.05, 0) is 24.3 Å². The van der Waals surface area contributed by atoms with Gasteiger partial charge in [-0.25, -0.2) is 0 Å². The maximum absolute atomic E-state index is 5.43. The van der Waals surface area contributed by atoms with E-state index in [2.05, 4.69) is 34.4 Å². The number of hydrogen-bond acceptors (Lipinski definition) is 4. The SMILES string of the molecule is NCc1nc(-c2ccc(C3CCC3)cc2)no1. The van der Waals surface area contributed by atoms with E-state index in [-0.39, 0.29) is 6.54 Å². The largest absolute Gasteiger partial charge is 0.338 e. The van der Waals surface area contributed by atoms with E-state index < -0.39 is 0 Å². The first-order chi connectivity index (χ1) is 8.36. The minimum Gasteiger partial charge on any atom is -0.338 e. The summed E-state index contributed by atoms with van der Waals surface area (Å²) in [7, 11) is 0. The van der Waals surface area contributed by atoms with E-state index in [0.717, 1.165) is 11.5 Å². The number of nitrogens with zero attached hydrogens (tertiary/aromatic N) is 2. The summed E-state index contributed by atoms with van der Waals surface area (Å²) in [5.41, 5.74) is 7.84. The van der Waals surface area contributed by atoms with Crippen molar-refractivity contribution in [2.24, 2.45) is 5.73 Å². The monoisotopic (exact) mass is 229 g/mol. The van der Waals surface area contributed by atoms with Crippen LogP contribution in [0.5, 0.6) is 0 Å². The molecule has 1 aliphatic carbocycles. The molecular formula is C13H15N3O. The first-order valence-electron chi connectivity index (χ1n) is 6.00. The summed E-state index contributed by atoms with van der Waals surface area (Å²) in [5.74, 6) is 1.85. The summed E-state index contributed by atoms with van der Waals surface area (Å²) in [6, 6.07) is 8.44. The molecular weight excluding hydrogens is 214 g/mol. The summed E-state index contributed by atoms with van der Waals surface area (Å²) in [6.45, 7) is 0.285. The lowest BCUT2D eigenvalue weighted by molar-refractivity contribution is 0.380. The zero-order valence-electron chi connectivity index (χ0n) is 9.60. The van der Waals surface area contributed by atoms with Crippen LogP contribution in [0.2, 0.25) is 0 Å². The molecule has 0 atom stereocenters. The van der Waals surface area contributed by atoms with Crippen LogP contribution in [0.15, 0.2) is 28.8 Å². The third kappa shape index (κ3) is 1.96. The molecule has 1 heterocycles. The Balaban J connectivity index is 1.83. The molecule has 4 nitrogen and oxygen atoms in total. The molecule has 3 rings (SSSR count). The van der Waals surface area contributed by atoms with E-state index >= 15 is 0 Å². The Morgan fingerprint density at radius 3 is 2.53 bits per heavy atom. The summed E-state index contributed by atoms with van der Waals surface area (Å²) < 4.78 is 4.99. The second-order valence-corrected chi connectivity index (χ2v) is 4.47. The van der Waals surface area contributed by atoms with Gasteiger partial charge >= 0.3 is 0 Å². The Morgan fingerprint density at radius 2 is 2.00 bits per heavy atom. The van der Waals surface area contributed by atoms with Crippen LogP contribution in [0.1, 0.15) is 36.6 Å². The maximum Gasteiger partial charge on any atom is 0.240 e. The number of aromatic nitrogens is 2. The Hall–Kier alpha value is -1.68. The van der Waals surface area contributed by atoms with Crippen molar-refractivity contribution >= 4 is 0 Å². The van der Waals surface area contributed by atoms with Gasteiger partial charge < -0.3 is 10.3 Å². The van der Waals surface area contributed by atoms with Crippen LogP contribution < -0.4 is 5.73 Å². The van der Waals surface area contributed by atoms with Gasteiger partial charge in [-0.3, -0.25) is 0 Å². The number of nitrogens with two attached hydrogens (primary N) is 1. The van der Waals surface area contributed by atoms with Gasteiger partial charge in [-0.15, -0.1) is 0 Å². The zero-order valence-corrected chi connectivity index (χ0v) is 9.60. The summed E-state index contributed by atoms with van der Waals surface area (Å²) in [5, 5.41) is 3.90. The Kier molecular flexibility index (Phi) is 2.65. The van der Waals surface area contributed by atoms with E-state index in [0.29, 0.717) is 11.7 Å². The molecule has 4 heteroatoms. The standard InChI is InChI=1S/C13H15N3O/c14-8-12-15-13(16-17-12)11-6-4-10(5-7-11)9-2-1-3-9/h4-7,9H,1-3,8,14H2.